The summed E-state index contributed by atoms with van der Waals surface area (Å²) in [7, 11) is 0. The van der Waals surface area contributed by atoms with Gasteiger partial charge >= 0.3 is 0 Å². The summed E-state index contributed by atoms with van der Waals surface area (Å²) in [6.07, 6.45) is 2.45. The predicted octanol–water partition coefficient (Wildman–Crippen LogP) is 2.08. The molecule has 1 unspecified atom stereocenters. The maximum Gasteiger partial charge on any atom is 0.227 e. The van der Waals surface area contributed by atoms with Crippen molar-refractivity contribution in [3.05, 3.63) is 28.7 Å². The van der Waals surface area contributed by atoms with E-state index >= 15 is 0 Å². The van der Waals surface area contributed by atoms with Crippen LogP contribution in [0.25, 0.3) is 0 Å². The molecule has 2 fully saturated rings. The van der Waals surface area contributed by atoms with Crippen molar-refractivity contribution in [1.82, 2.24) is 5.32 Å². The Kier molecular flexibility index (Phi) is 3.31. The van der Waals surface area contributed by atoms with Crippen LogP contribution in [-0.2, 0) is 9.59 Å². The molecule has 1 aromatic rings. The van der Waals surface area contributed by atoms with Gasteiger partial charge in [0.1, 0.15) is 0 Å². The average molecular weight is 323 g/mol. The number of rotatable bonds is 3. The van der Waals surface area contributed by atoms with Gasteiger partial charge in [0.15, 0.2) is 0 Å². The molecule has 1 aliphatic heterocycles. The fraction of sp³-hybridized carbons (Fsp3) is 0.429. The van der Waals surface area contributed by atoms with Gasteiger partial charge in [0, 0.05) is 29.2 Å². The van der Waals surface area contributed by atoms with E-state index < -0.39 is 0 Å². The zero-order valence-corrected chi connectivity index (χ0v) is 12.0. The van der Waals surface area contributed by atoms with Crippen LogP contribution in [0.3, 0.4) is 0 Å². The van der Waals surface area contributed by atoms with Gasteiger partial charge in [-0.3, -0.25) is 9.59 Å². The van der Waals surface area contributed by atoms with Gasteiger partial charge in [-0.05, 0) is 31.0 Å². The highest BCUT2D eigenvalue weighted by atomic mass is 79.9. The molecule has 2 aliphatic rings. The molecule has 1 N–H and O–H groups in total. The molecule has 1 aliphatic carbocycles. The maximum absolute atomic E-state index is 12.0. The molecular formula is C14H15BrN2O2. The Morgan fingerprint density at radius 3 is 2.84 bits per heavy atom. The molecule has 19 heavy (non-hydrogen) atoms. The Bertz CT molecular complexity index is 528. The van der Waals surface area contributed by atoms with Gasteiger partial charge in [-0.2, -0.15) is 0 Å². The summed E-state index contributed by atoms with van der Waals surface area (Å²) in [5.41, 5.74) is 0.848. The summed E-state index contributed by atoms with van der Waals surface area (Å²) >= 11 is 3.40. The van der Waals surface area contributed by atoms with Crippen molar-refractivity contribution in [3.63, 3.8) is 0 Å². The van der Waals surface area contributed by atoms with E-state index in [4.69, 9.17) is 0 Å². The van der Waals surface area contributed by atoms with Gasteiger partial charge in [-0.1, -0.05) is 22.0 Å². The standard InChI is InChI=1S/C14H15BrN2O2/c15-10-2-1-3-12(7-10)17-8-9(6-13(17)18)14(19)16-11-4-5-11/h1-3,7,9,11H,4-6,8H2,(H,16,19). The van der Waals surface area contributed by atoms with Crippen LogP contribution in [0.5, 0.6) is 0 Å². The van der Waals surface area contributed by atoms with Gasteiger partial charge in [0.2, 0.25) is 11.8 Å². The van der Waals surface area contributed by atoms with Gasteiger partial charge in [0.25, 0.3) is 0 Å². The van der Waals surface area contributed by atoms with Gasteiger partial charge in [-0.25, -0.2) is 0 Å². The Morgan fingerprint density at radius 2 is 2.16 bits per heavy atom. The number of hydrogen-bond donors (Lipinski definition) is 1. The molecule has 4 nitrogen and oxygen atoms in total. The topological polar surface area (TPSA) is 49.4 Å². The van der Waals surface area contributed by atoms with Crippen LogP contribution in [0, 0.1) is 5.92 Å². The van der Waals surface area contributed by atoms with Crippen molar-refractivity contribution < 1.29 is 9.59 Å². The van der Waals surface area contributed by atoms with E-state index in [1.807, 2.05) is 24.3 Å². The minimum Gasteiger partial charge on any atom is -0.353 e. The Balaban J connectivity index is 1.70. The Hall–Kier alpha value is -1.36. The number of halogens is 1. The number of benzene rings is 1. The second kappa shape index (κ2) is 4.96. The molecule has 1 saturated carbocycles. The van der Waals surface area contributed by atoms with E-state index in [0.717, 1.165) is 23.0 Å². The minimum absolute atomic E-state index is 0.0216. The smallest absolute Gasteiger partial charge is 0.227 e. The highest BCUT2D eigenvalue weighted by molar-refractivity contribution is 9.10. The largest absolute Gasteiger partial charge is 0.353 e. The molecule has 3 rings (SSSR count). The molecule has 2 amide bonds. The quantitative estimate of drug-likeness (QED) is 0.926. The summed E-state index contributed by atoms with van der Waals surface area (Å²) in [6.45, 7) is 0.480. The summed E-state index contributed by atoms with van der Waals surface area (Å²) in [5.74, 6) is -0.172. The predicted molar refractivity (Wildman–Crippen MR) is 75.8 cm³/mol. The highest BCUT2D eigenvalue weighted by Gasteiger charge is 2.37. The van der Waals surface area contributed by atoms with E-state index in [2.05, 4.69) is 21.2 Å². The fourth-order valence-corrected chi connectivity index (χ4v) is 2.71. The molecule has 0 aromatic heterocycles. The zero-order valence-electron chi connectivity index (χ0n) is 10.4. The first-order chi connectivity index (χ1) is 9.13. The molecule has 5 heteroatoms. The SMILES string of the molecule is O=C(NC1CC1)C1CC(=O)N(c2cccc(Br)c2)C1. The van der Waals surface area contributed by atoms with Crippen LogP contribution in [0.1, 0.15) is 19.3 Å². The molecule has 1 atom stereocenters. The number of hydrogen-bond acceptors (Lipinski definition) is 2. The first-order valence-corrected chi connectivity index (χ1v) is 7.29. The monoisotopic (exact) mass is 322 g/mol. The molecule has 0 spiro atoms. The number of carbonyl (C=O) groups excluding carboxylic acids is 2. The lowest BCUT2D eigenvalue weighted by Crippen LogP contribution is -2.34. The molecular weight excluding hydrogens is 308 g/mol. The van der Waals surface area contributed by atoms with Gasteiger partial charge in [0.05, 0.1) is 5.92 Å². The number of amides is 2. The van der Waals surface area contributed by atoms with Crippen molar-refractivity contribution in [2.45, 2.75) is 25.3 Å². The third-order valence-corrected chi connectivity index (χ3v) is 4.03. The molecule has 1 saturated heterocycles. The number of carbonyl (C=O) groups is 2. The zero-order chi connectivity index (χ0) is 13.4. The fourth-order valence-electron chi connectivity index (χ4n) is 2.32. The van der Waals surface area contributed by atoms with Crippen molar-refractivity contribution in [1.29, 1.82) is 0 Å². The van der Waals surface area contributed by atoms with Crippen LogP contribution in [-0.4, -0.2) is 24.4 Å². The van der Waals surface area contributed by atoms with Crippen molar-refractivity contribution in [2.75, 3.05) is 11.4 Å². The summed E-state index contributed by atoms with van der Waals surface area (Å²) in [4.78, 5) is 25.7. The highest BCUT2D eigenvalue weighted by Crippen LogP contribution is 2.28. The first-order valence-electron chi connectivity index (χ1n) is 6.50. The molecule has 0 radical (unpaired) electrons. The van der Waals surface area contributed by atoms with Crippen molar-refractivity contribution in [3.8, 4) is 0 Å². The van der Waals surface area contributed by atoms with Crippen molar-refractivity contribution >= 4 is 33.4 Å². The van der Waals surface area contributed by atoms with Gasteiger partial charge < -0.3 is 10.2 Å². The van der Waals surface area contributed by atoms with E-state index in [0.29, 0.717) is 19.0 Å². The second-order valence-corrected chi connectivity index (χ2v) is 6.08. The Morgan fingerprint density at radius 1 is 1.37 bits per heavy atom. The van der Waals surface area contributed by atoms with Crippen LogP contribution >= 0.6 is 15.9 Å². The normalized spacial score (nSPS) is 22.7. The van der Waals surface area contributed by atoms with E-state index in [1.165, 1.54) is 0 Å². The summed E-state index contributed by atoms with van der Waals surface area (Å²) in [6, 6.07) is 7.96. The van der Waals surface area contributed by atoms with E-state index in [-0.39, 0.29) is 17.7 Å². The lowest BCUT2D eigenvalue weighted by atomic mass is 10.1. The maximum atomic E-state index is 12.0. The van der Waals surface area contributed by atoms with Gasteiger partial charge in [-0.15, -0.1) is 0 Å². The second-order valence-electron chi connectivity index (χ2n) is 5.17. The van der Waals surface area contributed by atoms with Crippen LogP contribution in [0.15, 0.2) is 28.7 Å². The summed E-state index contributed by atoms with van der Waals surface area (Å²) < 4.78 is 0.934. The molecule has 1 heterocycles. The third-order valence-electron chi connectivity index (χ3n) is 3.54. The summed E-state index contributed by atoms with van der Waals surface area (Å²) in [5, 5.41) is 2.97. The third kappa shape index (κ3) is 2.81. The molecule has 0 bridgehead atoms. The van der Waals surface area contributed by atoms with Crippen LogP contribution in [0.2, 0.25) is 0 Å². The molecule has 100 valence electrons. The lowest BCUT2D eigenvalue weighted by molar-refractivity contribution is -0.126. The Labute approximate surface area is 120 Å². The number of nitrogens with one attached hydrogen (secondary N) is 1. The number of nitrogens with zero attached hydrogens (tertiary/aromatic N) is 1. The van der Waals surface area contributed by atoms with E-state index in [1.54, 1.807) is 4.90 Å². The van der Waals surface area contributed by atoms with E-state index in [9.17, 15) is 9.59 Å². The lowest BCUT2D eigenvalue weighted by Gasteiger charge is -2.17. The van der Waals surface area contributed by atoms with Crippen LogP contribution in [0.4, 0.5) is 5.69 Å². The van der Waals surface area contributed by atoms with Crippen LogP contribution < -0.4 is 10.2 Å². The average Bonchev–Trinajstić information content (AvgIpc) is 3.09. The molecule has 1 aromatic carbocycles. The van der Waals surface area contributed by atoms with Crippen molar-refractivity contribution in [2.24, 2.45) is 5.92 Å². The first kappa shape index (κ1) is 12.7. The minimum atomic E-state index is -0.216. The number of anilines is 1.